The molecule has 1 N–H and O–H groups in total. The molecule has 1 aromatic carbocycles. The van der Waals surface area contributed by atoms with E-state index in [-0.39, 0.29) is 5.91 Å². The summed E-state index contributed by atoms with van der Waals surface area (Å²) in [5.41, 5.74) is 2.69. The number of aryl methyl sites for hydroxylation is 3. The number of amides is 1. The predicted molar refractivity (Wildman–Crippen MR) is 78.8 cm³/mol. The SMILES string of the molecule is Cc1cc(NC(=O)c2cccc3c2ccn3C)nn1C. The summed E-state index contributed by atoms with van der Waals surface area (Å²) in [5, 5.41) is 8.03. The molecule has 0 atom stereocenters. The molecule has 0 fully saturated rings. The van der Waals surface area contributed by atoms with Gasteiger partial charge in [0.15, 0.2) is 5.82 Å². The number of aromatic nitrogens is 3. The number of benzene rings is 1. The van der Waals surface area contributed by atoms with Crippen molar-refractivity contribution >= 4 is 22.6 Å². The van der Waals surface area contributed by atoms with Gasteiger partial charge >= 0.3 is 0 Å². The largest absolute Gasteiger partial charge is 0.351 e. The lowest BCUT2D eigenvalue weighted by atomic mass is 10.1. The predicted octanol–water partition coefficient (Wildman–Crippen LogP) is 2.47. The van der Waals surface area contributed by atoms with Gasteiger partial charge < -0.3 is 9.88 Å². The Hall–Kier alpha value is -2.56. The Balaban J connectivity index is 1.96. The highest BCUT2D eigenvalue weighted by Gasteiger charge is 2.13. The lowest BCUT2D eigenvalue weighted by Crippen LogP contribution is -2.12. The maximum Gasteiger partial charge on any atom is 0.257 e. The van der Waals surface area contributed by atoms with Crippen LogP contribution in [-0.4, -0.2) is 20.3 Å². The lowest BCUT2D eigenvalue weighted by molar-refractivity contribution is 0.102. The fraction of sp³-hybridized carbons (Fsp3) is 0.200. The topological polar surface area (TPSA) is 51.9 Å². The molecule has 0 unspecified atom stereocenters. The molecule has 0 saturated heterocycles. The van der Waals surface area contributed by atoms with Crippen LogP contribution in [-0.2, 0) is 14.1 Å². The Bertz CT molecular complexity index is 778. The third-order valence-electron chi connectivity index (χ3n) is 3.53. The number of rotatable bonds is 2. The van der Waals surface area contributed by atoms with Crippen LogP contribution in [0.4, 0.5) is 5.82 Å². The molecule has 0 aliphatic rings. The number of carbonyl (C=O) groups excluding carboxylic acids is 1. The second kappa shape index (κ2) is 4.52. The summed E-state index contributed by atoms with van der Waals surface area (Å²) >= 11 is 0. The number of nitrogens with one attached hydrogen (secondary N) is 1. The van der Waals surface area contributed by atoms with Gasteiger partial charge in [-0.15, -0.1) is 0 Å². The summed E-state index contributed by atoms with van der Waals surface area (Å²) in [6.07, 6.45) is 1.95. The van der Waals surface area contributed by atoms with E-state index in [0.29, 0.717) is 11.4 Å². The molecule has 3 rings (SSSR count). The van der Waals surface area contributed by atoms with Gasteiger partial charge in [0, 0.05) is 48.5 Å². The number of nitrogens with zero attached hydrogens (tertiary/aromatic N) is 3. The first-order chi connectivity index (χ1) is 9.56. The molecule has 3 aromatic rings. The first kappa shape index (κ1) is 12.5. The molecular formula is C15H16N4O. The number of hydrogen-bond donors (Lipinski definition) is 1. The quantitative estimate of drug-likeness (QED) is 0.776. The number of anilines is 1. The average molecular weight is 268 g/mol. The van der Waals surface area contributed by atoms with E-state index in [1.165, 1.54) is 0 Å². The zero-order chi connectivity index (χ0) is 14.3. The van der Waals surface area contributed by atoms with Crippen molar-refractivity contribution < 1.29 is 4.79 Å². The van der Waals surface area contributed by atoms with Crippen LogP contribution in [0.1, 0.15) is 16.1 Å². The Kier molecular flexibility index (Phi) is 2.82. The van der Waals surface area contributed by atoms with Crippen molar-refractivity contribution in [3.8, 4) is 0 Å². The van der Waals surface area contributed by atoms with Gasteiger partial charge in [-0.25, -0.2) is 0 Å². The van der Waals surface area contributed by atoms with Crippen molar-refractivity contribution in [1.29, 1.82) is 0 Å². The third-order valence-corrected chi connectivity index (χ3v) is 3.53. The van der Waals surface area contributed by atoms with Gasteiger partial charge in [0.25, 0.3) is 5.91 Å². The zero-order valence-corrected chi connectivity index (χ0v) is 11.7. The summed E-state index contributed by atoms with van der Waals surface area (Å²) < 4.78 is 3.73. The molecule has 2 aromatic heterocycles. The second-order valence-corrected chi connectivity index (χ2v) is 4.91. The van der Waals surface area contributed by atoms with Crippen molar-refractivity contribution in [1.82, 2.24) is 14.3 Å². The monoisotopic (exact) mass is 268 g/mol. The van der Waals surface area contributed by atoms with Crippen LogP contribution in [0, 0.1) is 6.92 Å². The molecule has 0 saturated carbocycles. The van der Waals surface area contributed by atoms with Gasteiger partial charge in [0.2, 0.25) is 0 Å². The Morgan fingerprint density at radius 3 is 2.75 bits per heavy atom. The highest BCUT2D eigenvalue weighted by molar-refractivity contribution is 6.12. The normalized spacial score (nSPS) is 10.9. The van der Waals surface area contributed by atoms with E-state index in [0.717, 1.165) is 16.6 Å². The highest BCUT2D eigenvalue weighted by atomic mass is 16.1. The summed E-state index contributed by atoms with van der Waals surface area (Å²) in [7, 11) is 3.81. The van der Waals surface area contributed by atoms with E-state index in [4.69, 9.17) is 0 Å². The number of hydrogen-bond acceptors (Lipinski definition) is 2. The van der Waals surface area contributed by atoms with Gasteiger partial charge in [-0.2, -0.15) is 5.10 Å². The first-order valence-electron chi connectivity index (χ1n) is 6.42. The first-order valence-corrected chi connectivity index (χ1v) is 6.42. The van der Waals surface area contributed by atoms with Gasteiger partial charge in [0.05, 0.1) is 0 Å². The number of fused-ring (bicyclic) bond motifs is 1. The molecule has 102 valence electrons. The van der Waals surface area contributed by atoms with Crippen molar-refractivity contribution in [2.24, 2.45) is 14.1 Å². The summed E-state index contributed by atoms with van der Waals surface area (Å²) in [6, 6.07) is 9.52. The van der Waals surface area contributed by atoms with Gasteiger partial charge in [-0.05, 0) is 25.1 Å². The molecule has 0 radical (unpaired) electrons. The van der Waals surface area contributed by atoms with Crippen LogP contribution in [0.2, 0.25) is 0 Å². The average Bonchev–Trinajstić information content (AvgIpc) is 2.94. The van der Waals surface area contributed by atoms with Gasteiger partial charge in [-0.1, -0.05) is 6.07 Å². The summed E-state index contributed by atoms with van der Waals surface area (Å²) in [6.45, 7) is 1.95. The minimum Gasteiger partial charge on any atom is -0.351 e. The molecule has 0 aliphatic heterocycles. The minimum absolute atomic E-state index is 0.139. The van der Waals surface area contributed by atoms with Crippen LogP contribution in [0.25, 0.3) is 10.9 Å². The molecule has 0 bridgehead atoms. The van der Waals surface area contributed by atoms with Gasteiger partial charge in [0.1, 0.15) is 0 Å². The standard InChI is InChI=1S/C15H16N4O/c1-10-9-14(17-19(10)3)16-15(20)12-5-4-6-13-11(12)7-8-18(13)2/h4-9H,1-3H3,(H,16,17,20). The van der Waals surface area contributed by atoms with E-state index in [2.05, 4.69) is 10.4 Å². The van der Waals surface area contributed by atoms with Crippen molar-refractivity contribution in [2.75, 3.05) is 5.32 Å². The van der Waals surface area contributed by atoms with Crippen molar-refractivity contribution in [3.05, 3.63) is 47.8 Å². The minimum atomic E-state index is -0.139. The Labute approximate surface area is 116 Å². The van der Waals surface area contributed by atoms with E-state index in [9.17, 15) is 4.79 Å². The van der Waals surface area contributed by atoms with Crippen LogP contribution in [0.15, 0.2) is 36.5 Å². The van der Waals surface area contributed by atoms with Crippen molar-refractivity contribution in [3.63, 3.8) is 0 Å². The van der Waals surface area contributed by atoms with Crippen LogP contribution in [0.5, 0.6) is 0 Å². The third kappa shape index (κ3) is 1.97. The van der Waals surface area contributed by atoms with Crippen LogP contribution in [0.3, 0.4) is 0 Å². The molecule has 2 heterocycles. The summed E-state index contributed by atoms with van der Waals surface area (Å²) in [5.74, 6) is 0.433. The maximum absolute atomic E-state index is 12.4. The maximum atomic E-state index is 12.4. The molecular weight excluding hydrogens is 252 g/mol. The molecule has 0 aliphatic carbocycles. The molecule has 0 spiro atoms. The van der Waals surface area contributed by atoms with Gasteiger partial charge in [-0.3, -0.25) is 9.48 Å². The van der Waals surface area contributed by atoms with Crippen LogP contribution >= 0.6 is 0 Å². The van der Waals surface area contributed by atoms with E-state index >= 15 is 0 Å². The second-order valence-electron chi connectivity index (χ2n) is 4.91. The molecule has 1 amide bonds. The fourth-order valence-electron chi connectivity index (χ4n) is 2.31. The van der Waals surface area contributed by atoms with E-state index in [1.807, 2.05) is 62.1 Å². The number of carbonyl (C=O) groups is 1. The highest BCUT2D eigenvalue weighted by Crippen LogP contribution is 2.20. The van der Waals surface area contributed by atoms with E-state index in [1.54, 1.807) is 4.68 Å². The summed E-state index contributed by atoms with van der Waals surface area (Å²) in [4.78, 5) is 12.4. The Morgan fingerprint density at radius 1 is 1.25 bits per heavy atom. The fourth-order valence-corrected chi connectivity index (χ4v) is 2.31. The van der Waals surface area contributed by atoms with Crippen LogP contribution < -0.4 is 5.32 Å². The molecule has 5 heteroatoms. The van der Waals surface area contributed by atoms with Crippen molar-refractivity contribution in [2.45, 2.75) is 6.92 Å². The lowest BCUT2D eigenvalue weighted by Gasteiger charge is -2.04. The Morgan fingerprint density at radius 2 is 2.05 bits per heavy atom. The molecule has 20 heavy (non-hydrogen) atoms. The zero-order valence-electron chi connectivity index (χ0n) is 11.7. The van der Waals surface area contributed by atoms with E-state index < -0.39 is 0 Å². The smallest absolute Gasteiger partial charge is 0.257 e. The molecule has 5 nitrogen and oxygen atoms in total.